The molecule has 214 valence electrons. The molecule has 0 aliphatic carbocycles. The van der Waals surface area contributed by atoms with Gasteiger partial charge in [0.25, 0.3) is 0 Å². The molecule has 0 aliphatic rings. The van der Waals surface area contributed by atoms with Crippen molar-refractivity contribution in [2.45, 2.75) is 124 Å². The fourth-order valence-corrected chi connectivity index (χ4v) is 6.73. The maximum absolute atomic E-state index is 13.3. The highest BCUT2D eigenvalue weighted by Gasteiger charge is 2.21. The summed E-state index contributed by atoms with van der Waals surface area (Å²) in [6, 6.07) is 8.44. The summed E-state index contributed by atoms with van der Waals surface area (Å²) in [6.45, 7) is 9.85. The number of ketones is 2. The van der Waals surface area contributed by atoms with Gasteiger partial charge in [-0.2, -0.15) is 0 Å². The average Bonchev–Trinajstić information content (AvgIpc) is 3.20. The van der Waals surface area contributed by atoms with Crippen molar-refractivity contribution >= 4 is 65.2 Å². The van der Waals surface area contributed by atoms with E-state index >= 15 is 0 Å². The smallest absolute Gasteiger partial charge is 0.164 e. The van der Waals surface area contributed by atoms with E-state index in [1.54, 1.807) is 0 Å². The van der Waals surface area contributed by atoms with Gasteiger partial charge in [0, 0.05) is 50.2 Å². The Labute approximate surface area is 252 Å². The molecule has 5 heteroatoms. The standard InChI is InChI=1S/C34H47Br2NO2/c1-5-9-12-14-17-33(38)27-19-25-26-20-28(34(39)18-15-13-10-6-2)30(36)22-32(26)37(31(25)21-29(27)35)23-24(8-4)16-11-7-3/h19-22,24H,5-18,23H2,1-4H3. The highest BCUT2D eigenvalue weighted by atomic mass is 79.9. The van der Waals surface area contributed by atoms with Gasteiger partial charge >= 0.3 is 0 Å². The van der Waals surface area contributed by atoms with E-state index in [9.17, 15) is 9.59 Å². The van der Waals surface area contributed by atoms with Crippen molar-refractivity contribution in [3.8, 4) is 0 Å². The van der Waals surface area contributed by atoms with E-state index in [2.05, 4.69) is 88.4 Å². The monoisotopic (exact) mass is 659 g/mol. The Kier molecular flexibility index (Phi) is 13.2. The average molecular weight is 662 g/mol. The molecule has 0 N–H and O–H groups in total. The molecule has 0 radical (unpaired) electrons. The van der Waals surface area contributed by atoms with Gasteiger partial charge in [0.2, 0.25) is 0 Å². The first-order valence-electron chi connectivity index (χ1n) is 15.4. The van der Waals surface area contributed by atoms with Gasteiger partial charge in [-0.15, -0.1) is 0 Å². The lowest BCUT2D eigenvalue weighted by molar-refractivity contribution is 0.0970. The molecule has 39 heavy (non-hydrogen) atoms. The summed E-state index contributed by atoms with van der Waals surface area (Å²) in [5, 5.41) is 2.14. The molecule has 0 saturated heterocycles. The van der Waals surface area contributed by atoms with E-state index in [1.807, 2.05) is 0 Å². The first-order valence-corrected chi connectivity index (χ1v) is 17.0. The van der Waals surface area contributed by atoms with E-state index in [-0.39, 0.29) is 11.6 Å². The fourth-order valence-electron chi connectivity index (χ4n) is 5.63. The van der Waals surface area contributed by atoms with Crippen molar-refractivity contribution in [1.82, 2.24) is 4.57 Å². The summed E-state index contributed by atoms with van der Waals surface area (Å²) in [5.41, 5.74) is 3.78. The molecular weight excluding hydrogens is 614 g/mol. The molecule has 0 aliphatic heterocycles. The van der Waals surface area contributed by atoms with Crippen LogP contribution < -0.4 is 0 Å². The molecule has 1 unspecified atom stereocenters. The Morgan fingerprint density at radius 1 is 0.667 bits per heavy atom. The van der Waals surface area contributed by atoms with Crippen LogP contribution in [0.4, 0.5) is 0 Å². The van der Waals surface area contributed by atoms with Gasteiger partial charge in [-0.05, 0) is 81.3 Å². The van der Waals surface area contributed by atoms with Gasteiger partial charge in [-0.1, -0.05) is 85.5 Å². The third kappa shape index (κ3) is 8.28. The predicted molar refractivity (Wildman–Crippen MR) is 174 cm³/mol. The van der Waals surface area contributed by atoms with Crippen LogP contribution in [0.15, 0.2) is 33.2 Å². The minimum atomic E-state index is 0.194. The number of hydrogen-bond donors (Lipinski definition) is 0. The van der Waals surface area contributed by atoms with E-state index in [0.717, 1.165) is 93.4 Å². The van der Waals surface area contributed by atoms with Gasteiger partial charge in [-0.3, -0.25) is 9.59 Å². The number of Topliss-reactive ketones (excluding diaryl/α,β-unsaturated/α-hetero) is 2. The lowest BCUT2D eigenvalue weighted by Gasteiger charge is -2.18. The molecule has 3 nitrogen and oxygen atoms in total. The molecule has 3 aromatic rings. The number of rotatable bonds is 18. The van der Waals surface area contributed by atoms with Crippen molar-refractivity contribution in [2.75, 3.05) is 0 Å². The number of carbonyl (C=O) groups is 2. The molecule has 0 bridgehead atoms. The Morgan fingerprint density at radius 2 is 1.13 bits per heavy atom. The zero-order valence-electron chi connectivity index (χ0n) is 24.5. The molecular formula is C34H47Br2NO2. The Balaban J connectivity index is 2.10. The zero-order chi connectivity index (χ0) is 28.4. The number of unbranched alkanes of at least 4 members (excludes halogenated alkanes) is 7. The lowest BCUT2D eigenvalue weighted by atomic mass is 9.99. The van der Waals surface area contributed by atoms with E-state index in [4.69, 9.17) is 0 Å². The van der Waals surface area contributed by atoms with Crippen LogP contribution >= 0.6 is 31.9 Å². The quantitative estimate of drug-likeness (QED) is 0.101. The maximum Gasteiger partial charge on any atom is 0.164 e. The molecule has 1 atom stereocenters. The van der Waals surface area contributed by atoms with E-state index in [1.165, 1.54) is 32.1 Å². The summed E-state index contributed by atoms with van der Waals surface area (Å²) in [5.74, 6) is 0.972. The maximum atomic E-state index is 13.3. The first-order chi connectivity index (χ1) is 18.9. The van der Waals surface area contributed by atoms with Crippen LogP contribution in [0.1, 0.15) is 138 Å². The molecule has 0 amide bonds. The molecule has 0 fully saturated rings. The summed E-state index contributed by atoms with van der Waals surface area (Å²) in [6.07, 6.45) is 14.6. The number of fused-ring (bicyclic) bond motifs is 3. The third-order valence-electron chi connectivity index (χ3n) is 8.14. The number of hydrogen-bond acceptors (Lipinski definition) is 2. The van der Waals surface area contributed by atoms with Gasteiger partial charge in [0.15, 0.2) is 11.6 Å². The van der Waals surface area contributed by atoms with Crippen LogP contribution in [0.3, 0.4) is 0 Å². The number of benzene rings is 2. The van der Waals surface area contributed by atoms with Crippen molar-refractivity contribution in [2.24, 2.45) is 5.92 Å². The Hall–Kier alpha value is -1.46. The normalized spacial score (nSPS) is 12.5. The number of nitrogens with zero attached hydrogens (tertiary/aromatic N) is 1. The number of aromatic nitrogens is 1. The van der Waals surface area contributed by atoms with E-state index in [0.29, 0.717) is 18.8 Å². The van der Waals surface area contributed by atoms with Crippen LogP contribution in [-0.4, -0.2) is 16.1 Å². The largest absolute Gasteiger partial charge is 0.340 e. The second-order valence-corrected chi connectivity index (χ2v) is 12.9. The number of carbonyl (C=O) groups excluding carboxylic acids is 2. The zero-order valence-corrected chi connectivity index (χ0v) is 27.7. The highest BCUT2D eigenvalue weighted by Crippen LogP contribution is 2.38. The summed E-state index contributed by atoms with van der Waals surface area (Å²) in [7, 11) is 0. The minimum absolute atomic E-state index is 0.194. The van der Waals surface area contributed by atoms with Crippen molar-refractivity contribution in [3.05, 3.63) is 44.3 Å². The van der Waals surface area contributed by atoms with E-state index < -0.39 is 0 Å². The second-order valence-electron chi connectivity index (χ2n) is 11.2. The molecule has 1 heterocycles. The lowest BCUT2D eigenvalue weighted by Crippen LogP contribution is -2.10. The molecule has 0 spiro atoms. The molecule has 3 rings (SSSR count). The van der Waals surface area contributed by atoms with Crippen molar-refractivity contribution < 1.29 is 9.59 Å². The fraction of sp³-hybridized carbons (Fsp3) is 0.588. The minimum Gasteiger partial charge on any atom is -0.340 e. The van der Waals surface area contributed by atoms with Crippen LogP contribution in [0.25, 0.3) is 21.8 Å². The van der Waals surface area contributed by atoms with Gasteiger partial charge in [0.05, 0.1) is 11.0 Å². The molecule has 1 aromatic heterocycles. The van der Waals surface area contributed by atoms with Crippen LogP contribution in [0.5, 0.6) is 0 Å². The Bertz CT molecular complexity index is 1170. The van der Waals surface area contributed by atoms with Gasteiger partial charge in [0.1, 0.15) is 0 Å². The first kappa shape index (κ1) is 32.1. The highest BCUT2D eigenvalue weighted by molar-refractivity contribution is 9.10. The van der Waals surface area contributed by atoms with Crippen LogP contribution in [-0.2, 0) is 6.54 Å². The topological polar surface area (TPSA) is 39.1 Å². The molecule has 0 saturated carbocycles. The third-order valence-corrected chi connectivity index (χ3v) is 9.45. The number of halogens is 2. The summed E-state index contributed by atoms with van der Waals surface area (Å²) < 4.78 is 4.16. The molecule has 2 aromatic carbocycles. The van der Waals surface area contributed by atoms with Gasteiger partial charge < -0.3 is 4.57 Å². The SMILES string of the molecule is CCCCCCC(=O)c1cc2c3cc(C(=O)CCCCCC)c(Br)cc3n(CC(CC)CCCC)c2cc1Br. The Morgan fingerprint density at radius 3 is 1.54 bits per heavy atom. The predicted octanol–water partition coefficient (Wildman–Crippen LogP) is 11.8. The van der Waals surface area contributed by atoms with Crippen LogP contribution in [0, 0.1) is 5.92 Å². The summed E-state index contributed by atoms with van der Waals surface area (Å²) >= 11 is 7.51. The van der Waals surface area contributed by atoms with Crippen molar-refractivity contribution in [1.29, 1.82) is 0 Å². The summed E-state index contributed by atoms with van der Waals surface area (Å²) in [4.78, 5) is 26.5. The van der Waals surface area contributed by atoms with Gasteiger partial charge in [-0.25, -0.2) is 0 Å². The second kappa shape index (κ2) is 16.1. The van der Waals surface area contributed by atoms with Crippen LogP contribution in [0.2, 0.25) is 0 Å². The van der Waals surface area contributed by atoms with Crippen molar-refractivity contribution in [3.63, 3.8) is 0 Å².